The highest BCUT2D eigenvalue weighted by molar-refractivity contribution is 7.79. The number of fused-ring (bicyclic) bond motifs is 14. The average Bonchev–Trinajstić information content (AvgIpc) is 0.745. The Labute approximate surface area is 583 Å². The molecule has 0 amide bonds. The first-order valence-corrected chi connectivity index (χ1v) is 41.9. The molecule has 18 aromatic rings. The van der Waals surface area contributed by atoms with Crippen LogP contribution in [-0.2, 0) is 9.13 Å². The first-order chi connectivity index (χ1) is 48.5. The number of rotatable bonds is 8. The minimum atomic E-state index is -2.38. The average molecular weight is 1340 g/mol. The summed E-state index contributed by atoms with van der Waals surface area (Å²) in [5.74, 6) is 0. The van der Waals surface area contributed by atoms with Crippen LogP contribution in [0.2, 0.25) is 0 Å². The number of pyridine rings is 3. The van der Waals surface area contributed by atoms with Crippen molar-refractivity contribution in [2.45, 2.75) is 0 Å². The molecule has 0 N–H and O–H groups in total. The largest absolute Gasteiger partial charge is 0.319 e. The van der Waals surface area contributed by atoms with E-state index in [-0.39, 0.29) is 0 Å². The van der Waals surface area contributed by atoms with Crippen molar-refractivity contribution < 1.29 is 9.13 Å². The molecule has 0 saturated carbocycles. The lowest BCUT2D eigenvalue weighted by Crippen LogP contribution is -2.03. The van der Waals surface area contributed by atoms with Gasteiger partial charge in [-0.1, -0.05) is 304 Å². The van der Waals surface area contributed by atoms with Crippen molar-refractivity contribution in [1.82, 2.24) is 15.0 Å². The van der Waals surface area contributed by atoms with Gasteiger partial charge in [0.05, 0.1) is 33.1 Å². The van der Waals surface area contributed by atoms with E-state index in [4.69, 9.17) is 15.0 Å². The molecule has 18 rings (SSSR count). The fourth-order valence-electron chi connectivity index (χ4n) is 14.3. The molecule has 5 nitrogen and oxygen atoms in total. The summed E-state index contributed by atoms with van der Waals surface area (Å²) in [6.07, 6.45) is 4.38. The fraction of sp³-hybridized carbons (Fsp3) is 0.0652. The Hall–Kier alpha value is -10.9. The van der Waals surface area contributed by atoms with E-state index in [1.165, 1.54) is 81.8 Å². The van der Waals surface area contributed by atoms with Gasteiger partial charge >= 0.3 is 0 Å². The molecule has 0 radical (unpaired) electrons. The quantitative estimate of drug-likeness (QED) is 0.0861. The highest BCUT2D eigenvalue weighted by atomic mass is 31.2. The Morgan fingerprint density at radius 1 is 0.230 bits per heavy atom. The van der Waals surface area contributed by atoms with Gasteiger partial charge in [0.25, 0.3) is 0 Å². The molecule has 0 unspecified atom stereocenters. The van der Waals surface area contributed by atoms with Crippen LogP contribution in [0.15, 0.2) is 315 Å². The molecule has 100 heavy (non-hydrogen) atoms. The van der Waals surface area contributed by atoms with E-state index in [2.05, 4.69) is 305 Å². The van der Waals surface area contributed by atoms with E-state index in [1.54, 1.807) is 0 Å². The zero-order valence-corrected chi connectivity index (χ0v) is 59.4. The Morgan fingerprint density at radius 3 is 0.960 bits per heavy atom. The first kappa shape index (κ1) is 63.8. The van der Waals surface area contributed by atoms with E-state index in [9.17, 15) is 9.13 Å². The minimum Gasteiger partial charge on any atom is -0.319 e. The molecule has 482 valence electrons. The maximum absolute atomic E-state index is 12.9. The zero-order chi connectivity index (χ0) is 68.4. The maximum Gasteiger partial charge on any atom is 0.109 e. The predicted octanol–water partition coefficient (Wildman–Crippen LogP) is 23.9. The van der Waals surface area contributed by atoms with Crippen LogP contribution >= 0.6 is 21.2 Å². The molecular weight excluding hydrogens is 1270 g/mol. The van der Waals surface area contributed by atoms with Gasteiger partial charge in [-0.3, -0.25) is 0 Å². The van der Waals surface area contributed by atoms with Crippen molar-refractivity contribution in [2.24, 2.45) is 0 Å². The second kappa shape index (κ2) is 25.8. The molecule has 3 aromatic heterocycles. The van der Waals surface area contributed by atoms with Gasteiger partial charge in [0.2, 0.25) is 0 Å². The first-order valence-electron chi connectivity index (χ1n) is 33.8. The Balaban J connectivity index is 0.000000117. The van der Waals surface area contributed by atoms with Crippen molar-refractivity contribution in [1.29, 1.82) is 0 Å². The third-order valence-electron chi connectivity index (χ3n) is 19.5. The van der Waals surface area contributed by atoms with Crippen molar-refractivity contribution >= 4 is 152 Å². The maximum atomic E-state index is 12.9. The van der Waals surface area contributed by atoms with E-state index in [1.807, 2.05) is 57.0 Å². The number of nitrogens with zero attached hydrogens (tertiary/aromatic N) is 3. The number of hydrogen-bond acceptors (Lipinski definition) is 5. The molecule has 0 spiro atoms. The van der Waals surface area contributed by atoms with Crippen LogP contribution in [0.3, 0.4) is 0 Å². The third kappa shape index (κ3) is 12.1. The van der Waals surface area contributed by atoms with Crippen LogP contribution in [0.4, 0.5) is 0 Å². The lowest BCUT2D eigenvalue weighted by Gasteiger charge is -2.16. The predicted molar refractivity (Wildman–Crippen MR) is 439 cm³/mol. The summed E-state index contributed by atoms with van der Waals surface area (Å²) in [6.45, 7) is 10.5. The second-order valence-electron chi connectivity index (χ2n) is 27.4. The van der Waals surface area contributed by atoms with E-state index in [0.29, 0.717) is 0 Å². The van der Waals surface area contributed by atoms with Crippen LogP contribution in [0.1, 0.15) is 0 Å². The van der Waals surface area contributed by atoms with Crippen molar-refractivity contribution in [3.63, 3.8) is 0 Å². The smallest absolute Gasteiger partial charge is 0.109 e. The van der Waals surface area contributed by atoms with Crippen molar-refractivity contribution in [2.75, 3.05) is 40.0 Å². The molecular formula is C92H72N3O2P3. The summed E-state index contributed by atoms with van der Waals surface area (Å²) in [4.78, 5) is 15.4. The molecule has 0 aliphatic rings. The summed E-state index contributed by atoms with van der Waals surface area (Å²) in [6, 6.07) is 111. The molecule has 15 aromatic carbocycles. The highest BCUT2D eigenvalue weighted by Gasteiger charge is 2.21. The van der Waals surface area contributed by atoms with E-state index < -0.39 is 21.2 Å². The number of benzene rings is 15. The molecule has 8 heteroatoms. The molecule has 3 heterocycles. The van der Waals surface area contributed by atoms with Gasteiger partial charge in [-0.05, 0) is 130 Å². The molecule has 0 aliphatic heterocycles. The third-order valence-corrected chi connectivity index (χ3v) is 24.3. The normalized spacial score (nSPS) is 12.0. The molecule has 0 atom stereocenters. The minimum absolute atomic E-state index is 0.898. The lowest BCUT2D eigenvalue weighted by atomic mass is 9.92. The Kier molecular flexibility index (Phi) is 16.4. The zero-order valence-electron chi connectivity index (χ0n) is 56.7. The summed E-state index contributed by atoms with van der Waals surface area (Å²) in [5, 5.41) is 19.5. The summed E-state index contributed by atoms with van der Waals surface area (Å²) in [7, 11) is -4.63. The summed E-state index contributed by atoms with van der Waals surface area (Å²) >= 11 is 0. The van der Waals surface area contributed by atoms with Crippen LogP contribution in [0, 0.1) is 0 Å². The standard InChI is InChI=1S/C32H26NP.C31H24NOP.C29H22NOP/c1-34(2,3)26-18-15-22(16-19-26)24-10-8-11-25(21-24)31-28-13-6-7-14-30(28)33-32-27-12-5-4-9-23(27)17-20-29(31)32;1-34(2,33)25-18-15-22(16-19-25)21-11-13-24(14-12-21)30-27-9-5-6-10-29(27)32-31-26-8-4-3-7-23(26)17-20-28(30)31;1-32(2,31)22-11-7-10-21(18-22)27-25-16-14-19-8-3-5-12-23(19)28(25)30-29-24-13-6-4-9-20(24)15-17-26(27)29/h4-21H,1H2,2-3H3;3-20H,1-2H3;3-18H,1-2H3. The molecule has 0 saturated heterocycles. The molecule has 0 fully saturated rings. The Bertz CT molecular complexity index is 6350. The van der Waals surface area contributed by atoms with Crippen molar-refractivity contribution in [3.8, 4) is 55.6 Å². The monoisotopic (exact) mass is 1340 g/mol. The molecule has 0 aliphatic carbocycles. The second-order valence-corrected chi connectivity index (χ2v) is 37.7. The number of aromatic nitrogens is 3. The van der Waals surface area contributed by atoms with Gasteiger partial charge in [0, 0.05) is 81.2 Å². The van der Waals surface area contributed by atoms with Crippen LogP contribution < -0.4 is 15.9 Å². The lowest BCUT2D eigenvalue weighted by molar-refractivity contribution is 0.587. The fourth-order valence-corrected chi connectivity index (χ4v) is 17.1. The van der Waals surface area contributed by atoms with E-state index >= 15 is 0 Å². The SMILES string of the molecule is C=P(C)(C)c1ccc(-c2cccc(-c3c4ccccc4nc4c3ccc3ccccc34)c2)cc1.CP(C)(=O)c1ccc(-c2ccc(-c3c4ccccc4nc4c3ccc3ccccc34)cc2)cc1.CP(C)(=O)c1cccc(-c2c3ccc4ccccc4c3nc3c2ccc2ccccc23)c1. The number of hydrogen-bond donors (Lipinski definition) is 0. The van der Waals surface area contributed by atoms with Crippen LogP contribution in [0.5, 0.6) is 0 Å². The molecule has 0 bridgehead atoms. The van der Waals surface area contributed by atoms with Gasteiger partial charge < -0.3 is 9.13 Å². The highest BCUT2D eigenvalue weighted by Crippen LogP contribution is 2.45. The van der Waals surface area contributed by atoms with Crippen molar-refractivity contribution in [3.05, 3.63) is 315 Å². The van der Waals surface area contributed by atoms with Gasteiger partial charge in [-0.2, -0.15) is 0 Å². The summed E-state index contributed by atoms with van der Waals surface area (Å²) < 4.78 is 25.2. The topological polar surface area (TPSA) is 72.8 Å². The summed E-state index contributed by atoms with van der Waals surface area (Å²) in [5.41, 5.74) is 17.9. The Morgan fingerprint density at radius 2 is 0.540 bits per heavy atom. The van der Waals surface area contributed by atoms with Crippen LogP contribution in [0.25, 0.3) is 164 Å². The van der Waals surface area contributed by atoms with E-state index in [0.717, 1.165) is 98.3 Å². The van der Waals surface area contributed by atoms with Gasteiger partial charge in [0.1, 0.15) is 14.3 Å². The van der Waals surface area contributed by atoms with Gasteiger partial charge in [-0.25, -0.2) is 15.0 Å². The van der Waals surface area contributed by atoms with Gasteiger partial charge in [-0.15, -0.1) is 0 Å². The van der Waals surface area contributed by atoms with Crippen LogP contribution in [-0.4, -0.2) is 61.2 Å². The van der Waals surface area contributed by atoms with Gasteiger partial charge in [0.15, 0.2) is 0 Å². The number of para-hydroxylation sites is 2.